The van der Waals surface area contributed by atoms with Crippen LogP contribution in [0.3, 0.4) is 0 Å². The molecule has 1 saturated heterocycles. The van der Waals surface area contributed by atoms with Crippen molar-refractivity contribution in [2.45, 2.75) is 53.1 Å². The van der Waals surface area contributed by atoms with Crippen LogP contribution in [-0.2, 0) is 14.3 Å². The lowest BCUT2D eigenvalue weighted by molar-refractivity contribution is -0.162. The number of ketones is 1. The van der Waals surface area contributed by atoms with Crippen molar-refractivity contribution in [3.63, 3.8) is 0 Å². The molecule has 0 amide bonds. The number of thioether (sulfide) groups is 1. The molecule has 1 aliphatic heterocycles. The predicted octanol–water partition coefficient (Wildman–Crippen LogP) is 3.97. The molecule has 1 fully saturated rings. The second kappa shape index (κ2) is 7.52. The fourth-order valence-corrected chi connectivity index (χ4v) is 4.18. The van der Waals surface area contributed by atoms with E-state index in [0.717, 1.165) is 33.8 Å². The lowest BCUT2D eigenvalue weighted by Gasteiger charge is -2.32. The molecular weight excluding hydrogens is 308 g/mol. The molecule has 1 aromatic rings. The van der Waals surface area contributed by atoms with E-state index >= 15 is 0 Å². The van der Waals surface area contributed by atoms with Crippen molar-refractivity contribution >= 4 is 23.5 Å². The summed E-state index contributed by atoms with van der Waals surface area (Å²) < 4.78 is 5.65. The van der Waals surface area contributed by atoms with Crippen molar-refractivity contribution in [1.29, 1.82) is 0 Å². The molecule has 0 aromatic heterocycles. The molecule has 0 bridgehead atoms. The minimum Gasteiger partial charge on any atom is -0.461 e. The zero-order valence-corrected chi connectivity index (χ0v) is 15.5. The van der Waals surface area contributed by atoms with Crippen molar-refractivity contribution in [3.8, 4) is 0 Å². The average molecular weight is 334 g/mol. The van der Waals surface area contributed by atoms with Crippen molar-refractivity contribution in [2.75, 3.05) is 11.5 Å². The number of carbonyl (C=O) groups excluding carboxylic acids is 2. The molecule has 0 spiro atoms. The van der Waals surface area contributed by atoms with Gasteiger partial charge >= 0.3 is 5.97 Å². The molecule has 3 nitrogen and oxygen atoms in total. The molecule has 3 unspecified atom stereocenters. The van der Waals surface area contributed by atoms with E-state index in [1.54, 1.807) is 0 Å². The molecule has 0 saturated carbocycles. The predicted molar refractivity (Wildman–Crippen MR) is 95.1 cm³/mol. The number of aryl methyl sites for hydroxylation is 3. The van der Waals surface area contributed by atoms with E-state index < -0.39 is 5.92 Å². The number of carbonyl (C=O) groups is 2. The molecule has 126 valence electrons. The van der Waals surface area contributed by atoms with Gasteiger partial charge in [0.15, 0.2) is 5.78 Å². The van der Waals surface area contributed by atoms with Crippen molar-refractivity contribution in [3.05, 3.63) is 34.4 Å². The van der Waals surface area contributed by atoms with Gasteiger partial charge in [-0.3, -0.25) is 9.59 Å². The zero-order chi connectivity index (χ0) is 17.1. The molecular formula is C19H26O3S. The molecule has 23 heavy (non-hydrogen) atoms. The summed E-state index contributed by atoms with van der Waals surface area (Å²) in [6.07, 6.45) is 0.0468. The van der Waals surface area contributed by atoms with Crippen LogP contribution in [-0.4, -0.2) is 29.4 Å². The third-order valence-corrected chi connectivity index (χ3v) is 5.64. The summed E-state index contributed by atoms with van der Waals surface area (Å²) >= 11 is 1.81. The number of hydrogen-bond donors (Lipinski definition) is 0. The highest BCUT2D eigenvalue weighted by molar-refractivity contribution is 7.99. The Morgan fingerprint density at radius 3 is 2.35 bits per heavy atom. The van der Waals surface area contributed by atoms with E-state index in [1.165, 1.54) is 0 Å². The topological polar surface area (TPSA) is 43.4 Å². The Morgan fingerprint density at radius 1 is 1.22 bits per heavy atom. The van der Waals surface area contributed by atoms with Crippen LogP contribution in [0.25, 0.3) is 0 Å². The lowest BCUT2D eigenvalue weighted by Crippen LogP contribution is -2.41. The summed E-state index contributed by atoms with van der Waals surface area (Å²) in [5, 5.41) is 0. The maximum Gasteiger partial charge on any atom is 0.321 e. The van der Waals surface area contributed by atoms with E-state index in [0.29, 0.717) is 6.42 Å². The van der Waals surface area contributed by atoms with Crippen LogP contribution in [0, 0.1) is 26.7 Å². The van der Waals surface area contributed by atoms with Crippen molar-refractivity contribution in [1.82, 2.24) is 0 Å². The average Bonchev–Trinajstić information content (AvgIpc) is 2.46. The van der Waals surface area contributed by atoms with Crippen LogP contribution in [0.5, 0.6) is 0 Å². The number of benzene rings is 1. The summed E-state index contributed by atoms with van der Waals surface area (Å²) in [5.74, 6) is 1.01. The van der Waals surface area contributed by atoms with Crippen molar-refractivity contribution in [2.24, 2.45) is 5.92 Å². The largest absolute Gasteiger partial charge is 0.461 e. The van der Waals surface area contributed by atoms with Gasteiger partial charge < -0.3 is 4.74 Å². The van der Waals surface area contributed by atoms with Gasteiger partial charge in [0.25, 0.3) is 0 Å². The van der Waals surface area contributed by atoms with E-state index in [4.69, 9.17) is 4.74 Å². The third kappa shape index (κ3) is 3.97. The van der Waals surface area contributed by atoms with Gasteiger partial charge in [0, 0.05) is 12.3 Å². The Bertz CT molecular complexity index is 568. The molecule has 1 heterocycles. The van der Waals surface area contributed by atoms with E-state index in [-0.39, 0.29) is 23.8 Å². The fourth-order valence-electron chi connectivity index (χ4n) is 3.36. The number of ether oxygens (including phenoxy) is 1. The molecule has 0 N–H and O–H groups in total. The van der Waals surface area contributed by atoms with Gasteiger partial charge in [-0.2, -0.15) is 11.8 Å². The fraction of sp³-hybridized carbons (Fsp3) is 0.579. The first kappa shape index (κ1) is 18.1. The highest BCUT2D eigenvalue weighted by Gasteiger charge is 2.41. The molecule has 1 aliphatic rings. The number of Topliss-reactive ketones (excluding diaryl/α,β-unsaturated/α-hetero) is 1. The first-order valence-electron chi connectivity index (χ1n) is 8.23. The molecule has 2 rings (SSSR count). The number of rotatable bonds is 5. The molecule has 3 atom stereocenters. The van der Waals surface area contributed by atoms with Gasteiger partial charge in [-0.05, 0) is 49.0 Å². The van der Waals surface area contributed by atoms with E-state index in [1.807, 2.05) is 44.7 Å². The summed E-state index contributed by atoms with van der Waals surface area (Å²) in [7, 11) is 0. The monoisotopic (exact) mass is 334 g/mol. The SMILES string of the molecule is CCSCC(C)C1CC(=O)C(c2c(C)cc(C)cc2C)C(=O)O1. The van der Waals surface area contributed by atoms with Crippen LogP contribution in [0.1, 0.15) is 48.4 Å². The molecule has 0 aliphatic carbocycles. The van der Waals surface area contributed by atoms with Gasteiger partial charge in [-0.15, -0.1) is 0 Å². The Kier molecular flexibility index (Phi) is 5.90. The standard InChI is InChI=1S/C19H26O3S/c1-6-23-10-14(5)16-9-15(20)18(19(21)22-16)17-12(3)7-11(2)8-13(17)4/h7-8,14,16,18H,6,9-10H2,1-5H3. The Balaban J connectivity index is 2.22. The van der Waals surface area contributed by atoms with Crippen LogP contribution in [0.2, 0.25) is 0 Å². The second-order valence-corrected chi connectivity index (χ2v) is 7.85. The number of esters is 1. The normalized spacial score (nSPS) is 22.8. The molecule has 4 heteroatoms. The second-order valence-electron chi connectivity index (χ2n) is 6.53. The van der Waals surface area contributed by atoms with Gasteiger partial charge in [0.05, 0.1) is 0 Å². The summed E-state index contributed by atoms with van der Waals surface area (Å²) in [6.45, 7) is 10.1. The highest BCUT2D eigenvalue weighted by Crippen LogP contribution is 2.34. The Labute approximate surface area is 143 Å². The Morgan fingerprint density at radius 2 is 1.83 bits per heavy atom. The number of cyclic esters (lactones) is 1. The van der Waals surface area contributed by atoms with E-state index in [9.17, 15) is 9.59 Å². The first-order chi connectivity index (χ1) is 10.8. The van der Waals surface area contributed by atoms with Crippen LogP contribution >= 0.6 is 11.8 Å². The smallest absolute Gasteiger partial charge is 0.321 e. The van der Waals surface area contributed by atoms with Gasteiger partial charge in [0.1, 0.15) is 12.0 Å². The summed E-state index contributed by atoms with van der Waals surface area (Å²) in [5.41, 5.74) is 3.96. The lowest BCUT2D eigenvalue weighted by atomic mass is 9.82. The van der Waals surface area contributed by atoms with Crippen LogP contribution < -0.4 is 0 Å². The molecule has 1 aromatic carbocycles. The first-order valence-corrected chi connectivity index (χ1v) is 9.39. The highest BCUT2D eigenvalue weighted by atomic mass is 32.2. The van der Waals surface area contributed by atoms with Crippen molar-refractivity contribution < 1.29 is 14.3 Å². The van der Waals surface area contributed by atoms with Gasteiger partial charge in [0.2, 0.25) is 0 Å². The van der Waals surface area contributed by atoms with Gasteiger partial charge in [-0.1, -0.05) is 31.5 Å². The van der Waals surface area contributed by atoms with E-state index in [2.05, 4.69) is 13.8 Å². The summed E-state index contributed by atoms with van der Waals surface area (Å²) in [4.78, 5) is 25.2. The third-order valence-electron chi connectivity index (χ3n) is 4.47. The molecule has 0 radical (unpaired) electrons. The summed E-state index contributed by atoms with van der Waals surface area (Å²) in [6, 6.07) is 4.05. The Hall–Kier alpha value is -1.29. The minimum atomic E-state index is -0.752. The maximum atomic E-state index is 12.7. The number of hydrogen-bond acceptors (Lipinski definition) is 4. The van der Waals surface area contributed by atoms with Crippen LogP contribution in [0.4, 0.5) is 0 Å². The zero-order valence-electron chi connectivity index (χ0n) is 14.6. The maximum absolute atomic E-state index is 12.7. The van der Waals surface area contributed by atoms with Crippen LogP contribution in [0.15, 0.2) is 12.1 Å². The minimum absolute atomic E-state index is 0.00495. The quantitative estimate of drug-likeness (QED) is 0.604. The van der Waals surface area contributed by atoms with Gasteiger partial charge in [-0.25, -0.2) is 0 Å².